The average molecular weight is 291 g/mol. The summed E-state index contributed by atoms with van der Waals surface area (Å²) in [5.41, 5.74) is -6.42. The molecule has 0 aliphatic rings. The lowest BCUT2D eigenvalue weighted by molar-refractivity contribution is -0.247. The van der Waals surface area contributed by atoms with E-state index in [0.717, 1.165) is 0 Å². The predicted octanol–water partition coefficient (Wildman–Crippen LogP) is 2.99. The summed E-state index contributed by atoms with van der Waals surface area (Å²) in [6, 6.07) is 0. The van der Waals surface area contributed by atoms with Gasteiger partial charge in [-0.15, -0.1) is 0 Å². The van der Waals surface area contributed by atoms with E-state index in [-0.39, 0.29) is 0 Å². The number of halogens is 5. The number of nitrogens with one attached hydrogen (secondary N) is 2. The molecule has 18 heavy (non-hydrogen) atoms. The highest BCUT2D eigenvalue weighted by molar-refractivity contribution is 6.56. The van der Waals surface area contributed by atoms with Crippen molar-refractivity contribution in [3.05, 3.63) is 0 Å². The third-order valence-electron chi connectivity index (χ3n) is 1.67. The summed E-state index contributed by atoms with van der Waals surface area (Å²) >= 11 is 0. The van der Waals surface area contributed by atoms with Crippen LogP contribution in [-0.2, 0) is 0 Å². The Balaban J connectivity index is 5.22. The maximum Gasteiger partial charge on any atom is 0.452 e. The van der Waals surface area contributed by atoms with Crippen LogP contribution >= 0.6 is 0 Å². The van der Waals surface area contributed by atoms with Crippen molar-refractivity contribution in [3.8, 4) is 0 Å². The monoisotopic (exact) mass is 291 g/mol. The van der Waals surface area contributed by atoms with Gasteiger partial charge < -0.3 is 9.96 Å². The van der Waals surface area contributed by atoms with Crippen LogP contribution in [0.15, 0.2) is 0 Å². The lowest BCUT2D eigenvalue weighted by Gasteiger charge is -2.36. The fourth-order valence-corrected chi connectivity index (χ4v) is 3.24. The molecule has 0 rings (SSSR count). The molecule has 0 aliphatic carbocycles. The first-order valence-electron chi connectivity index (χ1n) is 5.44. The smallest absolute Gasteiger partial charge is 0.316 e. The third kappa shape index (κ3) is 5.62. The molecule has 0 aromatic heterocycles. The highest BCUT2D eigenvalue weighted by Gasteiger charge is 2.65. The molecular formula is C10H20F5N2Si. The molecule has 0 fully saturated rings. The number of rotatable bonds is 3. The SMILES string of the molecule is CC(C)(C)N[Si](NC(C)(C)C)C(F)(F)C(F)(F)F. The summed E-state index contributed by atoms with van der Waals surface area (Å²) in [5, 5.41) is 0. The molecule has 109 valence electrons. The maximum absolute atomic E-state index is 13.5. The van der Waals surface area contributed by atoms with E-state index in [0.29, 0.717) is 0 Å². The van der Waals surface area contributed by atoms with E-state index in [9.17, 15) is 22.0 Å². The van der Waals surface area contributed by atoms with Crippen LogP contribution in [0.25, 0.3) is 0 Å². The summed E-state index contributed by atoms with van der Waals surface area (Å²) < 4.78 is 64.2. The quantitative estimate of drug-likeness (QED) is 0.617. The van der Waals surface area contributed by atoms with Crippen molar-refractivity contribution >= 4 is 9.12 Å². The lowest BCUT2D eigenvalue weighted by Crippen LogP contribution is -2.71. The zero-order valence-corrected chi connectivity index (χ0v) is 12.4. The first-order chi connectivity index (χ1) is 7.56. The summed E-state index contributed by atoms with van der Waals surface area (Å²) in [7, 11) is -3.35. The maximum atomic E-state index is 13.5. The van der Waals surface area contributed by atoms with Crippen molar-refractivity contribution in [1.29, 1.82) is 0 Å². The highest BCUT2D eigenvalue weighted by atomic mass is 28.3. The van der Waals surface area contributed by atoms with Crippen molar-refractivity contribution in [2.45, 2.75) is 64.3 Å². The molecule has 0 aliphatic heterocycles. The summed E-state index contributed by atoms with van der Waals surface area (Å²) in [5.74, 6) is 0. The molecular weight excluding hydrogens is 271 g/mol. The first kappa shape index (κ1) is 17.8. The van der Waals surface area contributed by atoms with Crippen LogP contribution < -0.4 is 9.96 Å². The van der Waals surface area contributed by atoms with Crippen molar-refractivity contribution in [1.82, 2.24) is 9.96 Å². The molecule has 2 nitrogen and oxygen atoms in total. The minimum atomic E-state index is -5.56. The second-order valence-electron chi connectivity index (χ2n) is 6.20. The van der Waals surface area contributed by atoms with Gasteiger partial charge in [-0.3, -0.25) is 0 Å². The van der Waals surface area contributed by atoms with Gasteiger partial charge in [-0.25, -0.2) is 0 Å². The fourth-order valence-electron chi connectivity index (χ4n) is 1.08. The Morgan fingerprint density at radius 3 is 1.11 bits per heavy atom. The molecule has 0 atom stereocenters. The van der Waals surface area contributed by atoms with Crippen molar-refractivity contribution in [2.24, 2.45) is 0 Å². The number of hydrogen-bond acceptors (Lipinski definition) is 2. The molecule has 0 saturated heterocycles. The predicted molar refractivity (Wildman–Crippen MR) is 62.5 cm³/mol. The molecule has 0 saturated carbocycles. The van der Waals surface area contributed by atoms with Crippen LogP contribution in [0.3, 0.4) is 0 Å². The zero-order valence-electron chi connectivity index (χ0n) is 11.4. The van der Waals surface area contributed by atoms with Crippen LogP contribution in [0.5, 0.6) is 0 Å². The molecule has 8 heteroatoms. The van der Waals surface area contributed by atoms with Gasteiger partial charge in [0.2, 0.25) is 0 Å². The number of hydrogen-bond donors (Lipinski definition) is 2. The van der Waals surface area contributed by atoms with E-state index in [1.54, 1.807) is 41.5 Å². The minimum Gasteiger partial charge on any atom is -0.316 e. The Kier molecular flexibility index (Phi) is 4.99. The Bertz CT molecular complexity index is 261. The van der Waals surface area contributed by atoms with Crippen LogP contribution in [0, 0.1) is 0 Å². The molecule has 0 bridgehead atoms. The minimum absolute atomic E-state index is 0.832. The van der Waals surface area contributed by atoms with Gasteiger partial charge in [-0.05, 0) is 41.5 Å². The third-order valence-corrected chi connectivity index (χ3v) is 4.58. The Hall–Kier alpha value is -0.213. The van der Waals surface area contributed by atoms with E-state index in [4.69, 9.17) is 0 Å². The van der Waals surface area contributed by atoms with E-state index >= 15 is 0 Å². The molecule has 0 heterocycles. The van der Waals surface area contributed by atoms with Gasteiger partial charge in [0.1, 0.15) is 0 Å². The Labute approximate surface area is 106 Å². The molecule has 0 spiro atoms. The average Bonchev–Trinajstić information content (AvgIpc) is 1.94. The van der Waals surface area contributed by atoms with Gasteiger partial charge in [-0.2, -0.15) is 22.0 Å². The lowest BCUT2D eigenvalue weighted by atomic mass is 10.1. The molecule has 2 N–H and O–H groups in total. The molecule has 0 aromatic carbocycles. The van der Waals surface area contributed by atoms with Gasteiger partial charge in [0.25, 0.3) is 0 Å². The largest absolute Gasteiger partial charge is 0.452 e. The first-order valence-corrected chi connectivity index (χ1v) is 6.94. The van der Waals surface area contributed by atoms with E-state index < -0.39 is 31.9 Å². The molecule has 0 aromatic rings. The fraction of sp³-hybridized carbons (Fsp3) is 1.00. The van der Waals surface area contributed by atoms with Crippen LogP contribution in [0.4, 0.5) is 22.0 Å². The zero-order chi connectivity index (χ0) is 15.0. The normalized spacial score (nSPS) is 15.3. The summed E-state index contributed by atoms with van der Waals surface area (Å²) in [4.78, 5) is 4.76. The number of alkyl halides is 5. The second-order valence-corrected chi connectivity index (χ2v) is 8.08. The second kappa shape index (κ2) is 5.05. The van der Waals surface area contributed by atoms with Crippen LogP contribution in [0.2, 0.25) is 0 Å². The Morgan fingerprint density at radius 2 is 0.944 bits per heavy atom. The van der Waals surface area contributed by atoms with Gasteiger partial charge in [0, 0.05) is 11.1 Å². The summed E-state index contributed by atoms with van der Waals surface area (Å²) in [6.45, 7) is 9.30. The molecule has 1 radical (unpaired) electrons. The molecule has 0 unspecified atom stereocenters. The van der Waals surface area contributed by atoms with Crippen molar-refractivity contribution in [2.75, 3.05) is 0 Å². The van der Waals surface area contributed by atoms with Gasteiger partial charge in [0.05, 0.1) is 0 Å². The van der Waals surface area contributed by atoms with Crippen molar-refractivity contribution in [3.63, 3.8) is 0 Å². The van der Waals surface area contributed by atoms with E-state index in [2.05, 4.69) is 9.96 Å². The van der Waals surface area contributed by atoms with Gasteiger partial charge in [-0.1, -0.05) is 0 Å². The van der Waals surface area contributed by atoms with E-state index in [1.807, 2.05) is 0 Å². The van der Waals surface area contributed by atoms with E-state index in [1.165, 1.54) is 0 Å². The highest BCUT2D eigenvalue weighted by Crippen LogP contribution is 2.36. The topological polar surface area (TPSA) is 24.1 Å². The van der Waals surface area contributed by atoms with Gasteiger partial charge in [0.15, 0.2) is 0 Å². The van der Waals surface area contributed by atoms with Crippen LogP contribution in [0.1, 0.15) is 41.5 Å². The molecule has 0 amide bonds. The standard InChI is InChI=1S/C10H20F5N2Si/c1-7(2,3)16-18(17-8(4,5)6)10(14,15)9(11,12)13/h16-17H,1-6H3. The summed E-state index contributed by atoms with van der Waals surface area (Å²) in [6.07, 6.45) is -5.56. The van der Waals surface area contributed by atoms with Crippen LogP contribution in [-0.4, -0.2) is 31.9 Å². The van der Waals surface area contributed by atoms with Gasteiger partial charge >= 0.3 is 20.8 Å². The van der Waals surface area contributed by atoms with Crippen molar-refractivity contribution < 1.29 is 22.0 Å². The Morgan fingerprint density at radius 1 is 0.667 bits per heavy atom.